The zero-order valence-corrected chi connectivity index (χ0v) is 21.5. The highest BCUT2D eigenvalue weighted by Crippen LogP contribution is 2.33. The number of nitrogens with zero attached hydrogens (tertiary/aromatic N) is 5. The number of carbonyl (C=O) groups is 2. The molecule has 2 aromatic rings. The highest BCUT2D eigenvalue weighted by atomic mass is 16.2. The molecule has 36 heavy (non-hydrogen) atoms. The van der Waals surface area contributed by atoms with Crippen LogP contribution >= 0.6 is 0 Å². The summed E-state index contributed by atoms with van der Waals surface area (Å²) in [6.45, 7) is 3.32. The van der Waals surface area contributed by atoms with Crippen LogP contribution in [0.2, 0.25) is 0 Å². The topological polar surface area (TPSA) is 93.7 Å². The second-order valence-corrected chi connectivity index (χ2v) is 10.5. The van der Waals surface area contributed by atoms with Gasteiger partial charge in [-0.1, -0.05) is 6.42 Å². The Kier molecular flexibility index (Phi) is 7.14. The van der Waals surface area contributed by atoms with Gasteiger partial charge in [-0.3, -0.25) is 9.59 Å². The van der Waals surface area contributed by atoms with Gasteiger partial charge < -0.3 is 25.3 Å². The number of hydrogen-bond acceptors (Lipinski definition) is 7. The Hall–Kier alpha value is -3.14. The second-order valence-electron chi connectivity index (χ2n) is 10.5. The number of nitrogens with one attached hydrogen (secondary N) is 2. The second kappa shape index (κ2) is 10.5. The van der Waals surface area contributed by atoms with Gasteiger partial charge in [-0.2, -0.15) is 4.98 Å². The number of carbonyl (C=O) groups excluding carboxylic acids is 2. The van der Waals surface area contributed by atoms with Crippen LogP contribution in [0.25, 0.3) is 0 Å². The van der Waals surface area contributed by atoms with Gasteiger partial charge in [0.05, 0.1) is 5.92 Å². The Bertz CT molecular complexity index is 1100. The molecule has 0 unspecified atom stereocenters. The van der Waals surface area contributed by atoms with Gasteiger partial charge in [0.2, 0.25) is 11.9 Å². The molecule has 2 aliphatic carbocycles. The minimum absolute atomic E-state index is 0.00763. The molecule has 2 heterocycles. The maximum Gasteiger partial charge on any atom is 0.253 e. The van der Waals surface area contributed by atoms with E-state index in [1.807, 2.05) is 49.0 Å². The van der Waals surface area contributed by atoms with Crippen LogP contribution in [0, 0.1) is 5.92 Å². The first-order valence-electron chi connectivity index (χ1n) is 13.1. The predicted molar refractivity (Wildman–Crippen MR) is 144 cm³/mol. The van der Waals surface area contributed by atoms with Crippen molar-refractivity contribution < 1.29 is 9.59 Å². The quantitative estimate of drug-likeness (QED) is 0.562. The molecule has 2 N–H and O–H groups in total. The summed E-state index contributed by atoms with van der Waals surface area (Å²) in [5.74, 6) is 1.56. The number of piperazine rings is 1. The van der Waals surface area contributed by atoms with Gasteiger partial charge in [0.25, 0.3) is 5.91 Å². The van der Waals surface area contributed by atoms with E-state index in [2.05, 4.69) is 27.6 Å². The molecule has 3 fully saturated rings. The van der Waals surface area contributed by atoms with Crippen molar-refractivity contribution in [3.8, 4) is 0 Å². The van der Waals surface area contributed by atoms with E-state index in [4.69, 9.17) is 4.98 Å². The summed E-state index contributed by atoms with van der Waals surface area (Å²) < 4.78 is 0. The van der Waals surface area contributed by atoms with E-state index < -0.39 is 0 Å². The standard InChI is InChI=1S/C26H36BN7O2/c1-32-12-14-34(15-13-32)24(35)17-6-8-18(9-7-17)29-26-28-16-21(27)23(31-26)30-22-5-3-4-20(22)25(36)33(2)19-10-11-19/h6-9,16,19-20,22H,3-5,10-15,27H2,1-2H3,(H2,28,29,30,31)/t20-,22+/m0/s1. The molecule has 1 saturated heterocycles. The average Bonchev–Trinajstić information content (AvgIpc) is 3.64. The first kappa shape index (κ1) is 24.6. The monoisotopic (exact) mass is 489 g/mol. The van der Waals surface area contributed by atoms with Crippen LogP contribution in [-0.4, -0.2) is 96.7 Å². The summed E-state index contributed by atoms with van der Waals surface area (Å²) in [6, 6.07) is 7.99. The first-order valence-corrected chi connectivity index (χ1v) is 13.1. The van der Waals surface area contributed by atoms with Crippen molar-refractivity contribution >= 4 is 42.6 Å². The zero-order valence-electron chi connectivity index (χ0n) is 21.5. The van der Waals surface area contributed by atoms with E-state index in [9.17, 15) is 9.59 Å². The van der Waals surface area contributed by atoms with Gasteiger partial charge in [-0.15, -0.1) is 0 Å². The van der Waals surface area contributed by atoms with Gasteiger partial charge in [0, 0.05) is 62.8 Å². The first-order chi connectivity index (χ1) is 17.4. The summed E-state index contributed by atoms with van der Waals surface area (Å²) >= 11 is 0. The molecular formula is C26H36BN7O2. The van der Waals surface area contributed by atoms with E-state index in [-0.39, 0.29) is 23.8 Å². The number of likely N-dealkylation sites (N-methyl/N-ethyl adjacent to an activating group) is 1. The van der Waals surface area contributed by atoms with Crippen molar-refractivity contribution in [1.82, 2.24) is 24.7 Å². The molecule has 10 heteroatoms. The van der Waals surface area contributed by atoms with Crippen molar-refractivity contribution in [2.75, 3.05) is 50.9 Å². The Morgan fingerprint density at radius 1 is 1.06 bits per heavy atom. The maximum absolute atomic E-state index is 13.0. The maximum atomic E-state index is 13.0. The molecule has 0 radical (unpaired) electrons. The molecule has 2 atom stereocenters. The van der Waals surface area contributed by atoms with E-state index in [0.717, 1.165) is 75.3 Å². The Balaban J connectivity index is 1.22. The lowest BCUT2D eigenvalue weighted by atomic mass is 9.97. The third-order valence-corrected chi connectivity index (χ3v) is 7.75. The molecule has 9 nitrogen and oxygen atoms in total. The normalized spacial score (nSPS) is 22.3. The number of amides is 2. The summed E-state index contributed by atoms with van der Waals surface area (Å²) in [6.07, 6.45) is 6.97. The van der Waals surface area contributed by atoms with Gasteiger partial charge in [0.1, 0.15) is 13.7 Å². The number of anilines is 3. The number of hydrogen-bond donors (Lipinski definition) is 2. The lowest BCUT2D eigenvalue weighted by Gasteiger charge is -2.32. The number of aromatic nitrogens is 2. The van der Waals surface area contributed by atoms with Gasteiger partial charge in [-0.25, -0.2) is 4.98 Å². The third-order valence-electron chi connectivity index (χ3n) is 7.75. The van der Waals surface area contributed by atoms with Crippen LogP contribution in [0.1, 0.15) is 42.5 Å². The summed E-state index contributed by atoms with van der Waals surface area (Å²) in [5, 5.41) is 6.81. The minimum Gasteiger partial charge on any atom is -0.367 e. The molecule has 0 bridgehead atoms. The number of benzene rings is 1. The molecular weight excluding hydrogens is 453 g/mol. The van der Waals surface area contributed by atoms with Crippen LogP contribution in [0.3, 0.4) is 0 Å². The molecule has 1 aromatic carbocycles. The van der Waals surface area contributed by atoms with E-state index >= 15 is 0 Å². The summed E-state index contributed by atoms with van der Waals surface area (Å²) in [7, 11) is 6.00. The smallest absolute Gasteiger partial charge is 0.253 e. The molecule has 0 spiro atoms. The van der Waals surface area contributed by atoms with Gasteiger partial charge >= 0.3 is 0 Å². The van der Waals surface area contributed by atoms with Gasteiger partial charge in [-0.05, 0) is 62.5 Å². The lowest BCUT2D eigenvalue weighted by Crippen LogP contribution is -2.47. The van der Waals surface area contributed by atoms with E-state index in [1.165, 1.54) is 0 Å². The van der Waals surface area contributed by atoms with Crippen molar-refractivity contribution in [2.24, 2.45) is 5.92 Å². The van der Waals surface area contributed by atoms with Crippen molar-refractivity contribution in [3.05, 3.63) is 36.0 Å². The minimum atomic E-state index is -0.00763. The van der Waals surface area contributed by atoms with Crippen LogP contribution in [0.5, 0.6) is 0 Å². The fourth-order valence-electron chi connectivity index (χ4n) is 5.17. The lowest BCUT2D eigenvalue weighted by molar-refractivity contribution is -0.134. The van der Waals surface area contributed by atoms with E-state index in [0.29, 0.717) is 17.6 Å². The molecule has 1 aromatic heterocycles. The Morgan fingerprint density at radius 3 is 2.47 bits per heavy atom. The third kappa shape index (κ3) is 5.48. The highest BCUT2D eigenvalue weighted by molar-refractivity contribution is 6.35. The van der Waals surface area contributed by atoms with Crippen molar-refractivity contribution in [2.45, 2.75) is 44.2 Å². The molecule has 2 saturated carbocycles. The van der Waals surface area contributed by atoms with Crippen LogP contribution in [-0.2, 0) is 4.79 Å². The molecule has 5 rings (SSSR count). The highest BCUT2D eigenvalue weighted by Gasteiger charge is 2.39. The van der Waals surface area contributed by atoms with Gasteiger partial charge in [0.15, 0.2) is 0 Å². The average molecular weight is 489 g/mol. The Labute approximate surface area is 214 Å². The van der Waals surface area contributed by atoms with Crippen molar-refractivity contribution in [3.63, 3.8) is 0 Å². The summed E-state index contributed by atoms with van der Waals surface area (Å²) in [4.78, 5) is 41.1. The molecule has 3 aliphatic rings. The zero-order chi connectivity index (χ0) is 25.2. The molecule has 2 amide bonds. The van der Waals surface area contributed by atoms with Crippen LogP contribution in [0.15, 0.2) is 30.5 Å². The van der Waals surface area contributed by atoms with Crippen molar-refractivity contribution in [1.29, 1.82) is 0 Å². The molecule has 1 aliphatic heterocycles. The van der Waals surface area contributed by atoms with Crippen LogP contribution < -0.4 is 16.1 Å². The fraction of sp³-hybridized carbons (Fsp3) is 0.538. The predicted octanol–water partition coefficient (Wildman–Crippen LogP) is 1.07. The summed E-state index contributed by atoms with van der Waals surface area (Å²) in [5.41, 5.74) is 2.45. The van der Waals surface area contributed by atoms with E-state index in [1.54, 1.807) is 6.20 Å². The molecule has 190 valence electrons. The largest absolute Gasteiger partial charge is 0.367 e. The number of rotatable bonds is 7. The SMILES string of the molecule is Bc1cnc(Nc2ccc(C(=O)N3CCN(C)CC3)cc2)nc1N[C@@H]1CCC[C@@H]1C(=O)N(C)C1CC1. The fourth-order valence-corrected chi connectivity index (χ4v) is 5.17. The Morgan fingerprint density at radius 2 is 1.78 bits per heavy atom. The van der Waals surface area contributed by atoms with Crippen LogP contribution in [0.4, 0.5) is 17.5 Å².